The molecule has 0 aromatic heterocycles. The highest BCUT2D eigenvalue weighted by Crippen LogP contribution is 2.30. The van der Waals surface area contributed by atoms with Crippen LogP contribution in [0.15, 0.2) is 23.1 Å². The molecule has 0 amide bonds. The number of alkyl halides is 2. The van der Waals surface area contributed by atoms with Gasteiger partial charge in [-0.05, 0) is 12.1 Å². The van der Waals surface area contributed by atoms with E-state index >= 15 is 0 Å². The van der Waals surface area contributed by atoms with E-state index in [9.17, 15) is 18.5 Å². The van der Waals surface area contributed by atoms with Crippen molar-refractivity contribution in [2.45, 2.75) is 4.90 Å². The van der Waals surface area contributed by atoms with Crippen molar-refractivity contribution in [1.29, 1.82) is 0 Å². The van der Waals surface area contributed by atoms with Crippen LogP contribution in [0, 0.1) is 10.1 Å². The summed E-state index contributed by atoms with van der Waals surface area (Å²) in [6.45, 7) is 0.0274. The highest BCUT2D eigenvalue weighted by molar-refractivity contribution is 7.89. The number of rotatable bonds is 8. The predicted octanol–water partition coefficient (Wildman–Crippen LogP) is 2.07. The number of nitrogens with zero attached hydrogens (tertiary/aromatic N) is 2. The summed E-state index contributed by atoms with van der Waals surface area (Å²) in [5.74, 6) is 0.307. The molecule has 118 valence electrons. The van der Waals surface area contributed by atoms with Gasteiger partial charge in [-0.25, -0.2) is 8.42 Å². The Balaban J connectivity index is 3.38. The molecule has 1 aromatic rings. The van der Waals surface area contributed by atoms with E-state index in [4.69, 9.17) is 27.9 Å². The Bertz CT molecular complexity index is 603. The fourth-order valence-electron chi connectivity index (χ4n) is 1.66. The summed E-state index contributed by atoms with van der Waals surface area (Å²) < 4.78 is 30.9. The van der Waals surface area contributed by atoms with Crippen LogP contribution in [-0.4, -0.2) is 49.6 Å². The maximum atomic E-state index is 12.5. The van der Waals surface area contributed by atoms with Crippen molar-refractivity contribution in [3.8, 4) is 5.75 Å². The maximum absolute atomic E-state index is 12.5. The van der Waals surface area contributed by atoms with Crippen molar-refractivity contribution in [3.05, 3.63) is 28.3 Å². The molecule has 0 unspecified atom stereocenters. The van der Waals surface area contributed by atoms with Gasteiger partial charge in [-0.2, -0.15) is 4.31 Å². The van der Waals surface area contributed by atoms with Gasteiger partial charge in [0, 0.05) is 24.8 Å². The molecule has 0 spiro atoms. The van der Waals surface area contributed by atoms with Crippen LogP contribution in [0.2, 0.25) is 0 Å². The topological polar surface area (TPSA) is 89.8 Å². The summed E-state index contributed by atoms with van der Waals surface area (Å²) in [6.07, 6.45) is 0. The van der Waals surface area contributed by atoms with Crippen molar-refractivity contribution in [3.63, 3.8) is 0 Å². The van der Waals surface area contributed by atoms with Gasteiger partial charge < -0.3 is 4.74 Å². The molecule has 0 N–H and O–H groups in total. The smallest absolute Gasteiger partial charge is 0.293 e. The Kier molecular flexibility index (Phi) is 6.66. The van der Waals surface area contributed by atoms with E-state index in [1.807, 2.05) is 0 Å². The normalized spacial score (nSPS) is 11.6. The minimum absolute atomic E-state index is 0.0137. The number of halogens is 2. The number of ether oxygens (including phenoxy) is 1. The summed E-state index contributed by atoms with van der Waals surface area (Å²) in [4.78, 5) is 9.91. The van der Waals surface area contributed by atoms with Crippen molar-refractivity contribution < 1.29 is 18.1 Å². The minimum atomic E-state index is -4.06. The Morgan fingerprint density at radius 2 is 1.86 bits per heavy atom. The van der Waals surface area contributed by atoms with E-state index in [0.29, 0.717) is 0 Å². The molecule has 0 aliphatic rings. The Morgan fingerprint density at radius 1 is 1.29 bits per heavy atom. The van der Waals surface area contributed by atoms with E-state index in [0.717, 1.165) is 16.4 Å². The lowest BCUT2D eigenvalue weighted by atomic mass is 10.3. The molecular formula is C11H14Cl2N2O5S. The van der Waals surface area contributed by atoms with Gasteiger partial charge in [0.1, 0.15) is 5.75 Å². The lowest BCUT2D eigenvalue weighted by molar-refractivity contribution is -0.387. The lowest BCUT2D eigenvalue weighted by Gasteiger charge is -2.20. The van der Waals surface area contributed by atoms with Crippen LogP contribution in [0.3, 0.4) is 0 Å². The van der Waals surface area contributed by atoms with Crippen LogP contribution < -0.4 is 4.74 Å². The first kappa shape index (κ1) is 18.0. The van der Waals surface area contributed by atoms with Gasteiger partial charge in [-0.3, -0.25) is 10.1 Å². The van der Waals surface area contributed by atoms with E-state index in [-0.39, 0.29) is 30.6 Å². The van der Waals surface area contributed by atoms with Crippen molar-refractivity contribution >= 4 is 38.9 Å². The van der Waals surface area contributed by atoms with Gasteiger partial charge in [0.2, 0.25) is 10.0 Å². The molecule has 0 fully saturated rings. The molecule has 7 nitrogen and oxygen atoms in total. The summed E-state index contributed by atoms with van der Waals surface area (Å²) in [7, 11) is -2.72. The van der Waals surface area contributed by atoms with Gasteiger partial charge in [-0.15, -0.1) is 23.2 Å². The third-order valence-electron chi connectivity index (χ3n) is 2.65. The Labute approximate surface area is 132 Å². The molecule has 0 saturated heterocycles. The van der Waals surface area contributed by atoms with E-state index in [1.54, 1.807) is 0 Å². The van der Waals surface area contributed by atoms with Crippen LogP contribution in [0.5, 0.6) is 5.75 Å². The molecule has 0 bridgehead atoms. The summed E-state index contributed by atoms with van der Waals surface area (Å²) in [5, 5.41) is 11.1. The summed E-state index contributed by atoms with van der Waals surface area (Å²) >= 11 is 11.1. The van der Waals surface area contributed by atoms with Crippen LogP contribution in [0.25, 0.3) is 0 Å². The quantitative estimate of drug-likeness (QED) is 0.404. The SMILES string of the molecule is COc1ccc(S(=O)(=O)N(CCCl)CCCl)c([N+](=O)[O-])c1. The molecule has 10 heteroatoms. The first-order valence-electron chi connectivity index (χ1n) is 5.83. The second-order valence-corrected chi connectivity index (χ2v) is 6.54. The zero-order chi connectivity index (χ0) is 16.0. The third-order valence-corrected chi connectivity index (χ3v) is 4.93. The van der Waals surface area contributed by atoms with Gasteiger partial charge in [0.25, 0.3) is 5.69 Å². The van der Waals surface area contributed by atoms with Gasteiger partial charge in [0.05, 0.1) is 18.1 Å². The number of methoxy groups -OCH3 is 1. The van der Waals surface area contributed by atoms with E-state index < -0.39 is 25.5 Å². The highest BCUT2D eigenvalue weighted by Gasteiger charge is 2.31. The van der Waals surface area contributed by atoms with Crippen LogP contribution in [0.1, 0.15) is 0 Å². The predicted molar refractivity (Wildman–Crippen MR) is 79.8 cm³/mol. The van der Waals surface area contributed by atoms with Crippen molar-refractivity contribution in [2.24, 2.45) is 0 Å². The maximum Gasteiger partial charge on any atom is 0.293 e. The largest absolute Gasteiger partial charge is 0.497 e. The minimum Gasteiger partial charge on any atom is -0.497 e. The first-order valence-corrected chi connectivity index (χ1v) is 8.34. The average molecular weight is 357 g/mol. The van der Waals surface area contributed by atoms with E-state index in [1.165, 1.54) is 13.2 Å². The lowest BCUT2D eigenvalue weighted by Crippen LogP contribution is -2.34. The zero-order valence-corrected chi connectivity index (χ0v) is 13.5. The van der Waals surface area contributed by atoms with Gasteiger partial charge in [0.15, 0.2) is 4.90 Å². The van der Waals surface area contributed by atoms with Crippen LogP contribution in [0.4, 0.5) is 5.69 Å². The molecule has 0 radical (unpaired) electrons. The van der Waals surface area contributed by atoms with Gasteiger partial charge >= 0.3 is 0 Å². The van der Waals surface area contributed by atoms with E-state index in [2.05, 4.69) is 0 Å². The Morgan fingerprint density at radius 3 is 2.29 bits per heavy atom. The molecule has 21 heavy (non-hydrogen) atoms. The zero-order valence-electron chi connectivity index (χ0n) is 11.2. The number of nitro benzene ring substituents is 1. The molecule has 1 rings (SSSR count). The third kappa shape index (κ3) is 4.19. The molecule has 0 atom stereocenters. The molecule has 1 aromatic carbocycles. The highest BCUT2D eigenvalue weighted by atomic mass is 35.5. The molecule has 0 saturated carbocycles. The van der Waals surface area contributed by atoms with Crippen molar-refractivity contribution in [1.82, 2.24) is 4.31 Å². The monoisotopic (exact) mass is 356 g/mol. The molecule has 0 heterocycles. The number of benzene rings is 1. The summed E-state index contributed by atoms with van der Waals surface area (Å²) in [6, 6.07) is 3.55. The molecular weight excluding hydrogens is 343 g/mol. The standard InChI is InChI=1S/C11H14Cl2N2O5S/c1-20-9-2-3-11(10(8-9)15(16)17)21(18,19)14(6-4-12)7-5-13/h2-3,8H,4-7H2,1H3. The van der Waals surface area contributed by atoms with Crippen LogP contribution in [-0.2, 0) is 10.0 Å². The fraction of sp³-hybridized carbons (Fsp3) is 0.455. The summed E-state index contributed by atoms with van der Waals surface area (Å²) in [5.41, 5.74) is -0.552. The fourth-order valence-corrected chi connectivity index (χ4v) is 3.85. The number of nitro groups is 1. The Hall–Kier alpha value is -1.09. The van der Waals surface area contributed by atoms with Gasteiger partial charge in [-0.1, -0.05) is 0 Å². The molecule has 0 aliphatic carbocycles. The van der Waals surface area contributed by atoms with Crippen LogP contribution >= 0.6 is 23.2 Å². The number of hydrogen-bond donors (Lipinski definition) is 0. The first-order chi connectivity index (χ1) is 9.88. The number of sulfonamides is 1. The second kappa shape index (κ2) is 7.79. The average Bonchev–Trinajstić information content (AvgIpc) is 2.46. The molecule has 0 aliphatic heterocycles. The van der Waals surface area contributed by atoms with Crippen molar-refractivity contribution in [2.75, 3.05) is 32.0 Å². The number of hydrogen-bond acceptors (Lipinski definition) is 5. The second-order valence-electron chi connectivity index (χ2n) is 3.87.